The number of aryl methyl sites for hydroxylation is 2. The zero-order valence-corrected chi connectivity index (χ0v) is 17.1. The number of anilines is 1. The summed E-state index contributed by atoms with van der Waals surface area (Å²) in [6.07, 6.45) is 0. The van der Waals surface area contributed by atoms with E-state index in [1.807, 2.05) is 57.2 Å². The number of nitrogens with one attached hydrogen (secondary N) is 1. The van der Waals surface area contributed by atoms with Gasteiger partial charge in [-0.05, 0) is 61.7 Å². The summed E-state index contributed by atoms with van der Waals surface area (Å²) in [5.41, 5.74) is 3.07. The lowest BCUT2D eigenvalue weighted by molar-refractivity contribution is 0.390. The number of rotatable bonds is 6. The van der Waals surface area contributed by atoms with Crippen LogP contribution < -0.4 is 14.1 Å². The standard InChI is InChI=1S/C21H21ClNO3P/c1-15-9-4-6-13-20(15)25-27(24,26-21-14-7-5-10-16(21)2)23-19-12-8-11-18(22)17(19)3/h4-14H,1-3H3,(H,23,24). The largest absolute Gasteiger partial charge is 0.541 e. The van der Waals surface area contributed by atoms with Crippen LogP contribution in [0, 0.1) is 20.8 Å². The Balaban J connectivity index is 2.00. The molecule has 0 spiro atoms. The minimum absolute atomic E-state index is 0.488. The molecule has 3 aromatic carbocycles. The molecule has 1 N–H and O–H groups in total. The molecule has 6 heteroatoms. The Morgan fingerprint density at radius 2 is 1.30 bits per heavy atom. The molecule has 0 aromatic heterocycles. The smallest absolute Gasteiger partial charge is 0.400 e. The van der Waals surface area contributed by atoms with Crippen molar-refractivity contribution in [2.45, 2.75) is 20.8 Å². The summed E-state index contributed by atoms with van der Waals surface area (Å²) < 4.78 is 25.4. The molecule has 0 aliphatic heterocycles. The van der Waals surface area contributed by atoms with Crippen molar-refractivity contribution in [3.05, 3.63) is 88.4 Å². The molecule has 3 rings (SSSR count). The molecule has 3 aromatic rings. The van der Waals surface area contributed by atoms with Crippen molar-refractivity contribution >= 4 is 25.0 Å². The fourth-order valence-electron chi connectivity index (χ4n) is 2.52. The van der Waals surface area contributed by atoms with Gasteiger partial charge in [0.05, 0.1) is 0 Å². The van der Waals surface area contributed by atoms with E-state index in [2.05, 4.69) is 5.09 Å². The van der Waals surface area contributed by atoms with E-state index < -0.39 is 7.75 Å². The van der Waals surface area contributed by atoms with E-state index in [4.69, 9.17) is 20.6 Å². The van der Waals surface area contributed by atoms with Gasteiger partial charge in [0, 0.05) is 10.7 Å². The predicted octanol–water partition coefficient (Wildman–Crippen LogP) is 6.94. The van der Waals surface area contributed by atoms with E-state index in [0.717, 1.165) is 16.7 Å². The zero-order valence-electron chi connectivity index (χ0n) is 15.4. The maximum Gasteiger partial charge on any atom is 0.541 e. The molecule has 0 amide bonds. The quantitative estimate of drug-likeness (QED) is 0.454. The highest BCUT2D eigenvalue weighted by molar-refractivity contribution is 7.56. The predicted molar refractivity (Wildman–Crippen MR) is 111 cm³/mol. The van der Waals surface area contributed by atoms with Gasteiger partial charge in [0.2, 0.25) is 0 Å². The first-order valence-electron chi connectivity index (χ1n) is 8.52. The van der Waals surface area contributed by atoms with Crippen LogP contribution in [0.3, 0.4) is 0 Å². The normalized spacial score (nSPS) is 11.1. The molecule has 140 valence electrons. The molecule has 0 heterocycles. The lowest BCUT2D eigenvalue weighted by atomic mass is 10.2. The minimum Gasteiger partial charge on any atom is -0.400 e. The molecule has 4 nitrogen and oxygen atoms in total. The Kier molecular flexibility index (Phi) is 5.79. The minimum atomic E-state index is -3.79. The van der Waals surface area contributed by atoms with Crippen LogP contribution >= 0.6 is 19.3 Å². The average Bonchev–Trinajstić information content (AvgIpc) is 2.63. The second-order valence-electron chi connectivity index (χ2n) is 6.24. The Morgan fingerprint density at radius 1 is 0.778 bits per heavy atom. The first-order valence-corrected chi connectivity index (χ1v) is 10.4. The number of halogens is 1. The summed E-state index contributed by atoms with van der Waals surface area (Å²) in [4.78, 5) is 0. The summed E-state index contributed by atoms with van der Waals surface area (Å²) in [6, 6.07) is 20.1. The number of para-hydroxylation sites is 2. The zero-order chi connectivity index (χ0) is 19.4. The van der Waals surface area contributed by atoms with Gasteiger partial charge in [0.1, 0.15) is 11.5 Å². The van der Waals surface area contributed by atoms with Gasteiger partial charge in [0.25, 0.3) is 0 Å². The molecular formula is C21H21ClNO3P. The molecule has 0 aliphatic carbocycles. The van der Waals surface area contributed by atoms with Crippen LogP contribution in [0.25, 0.3) is 0 Å². The van der Waals surface area contributed by atoms with Crippen LogP contribution in [0.5, 0.6) is 11.5 Å². The van der Waals surface area contributed by atoms with Crippen LogP contribution in [0.1, 0.15) is 16.7 Å². The van der Waals surface area contributed by atoms with Crippen molar-refractivity contribution < 1.29 is 13.6 Å². The summed E-state index contributed by atoms with van der Waals surface area (Å²) in [7, 11) is -3.79. The van der Waals surface area contributed by atoms with E-state index in [0.29, 0.717) is 22.2 Å². The summed E-state index contributed by atoms with van der Waals surface area (Å²) >= 11 is 6.20. The molecular weight excluding hydrogens is 381 g/mol. The third kappa shape index (κ3) is 4.65. The van der Waals surface area contributed by atoms with E-state index in [9.17, 15) is 4.57 Å². The Hall–Kier alpha value is -2.42. The van der Waals surface area contributed by atoms with Crippen molar-refractivity contribution in [2.24, 2.45) is 0 Å². The fraction of sp³-hybridized carbons (Fsp3) is 0.143. The lowest BCUT2D eigenvalue weighted by Crippen LogP contribution is -2.11. The van der Waals surface area contributed by atoms with Gasteiger partial charge in [-0.1, -0.05) is 54.1 Å². The second-order valence-corrected chi connectivity index (χ2v) is 8.23. The third-order valence-corrected chi connectivity index (χ3v) is 5.95. The van der Waals surface area contributed by atoms with Crippen molar-refractivity contribution in [1.82, 2.24) is 0 Å². The van der Waals surface area contributed by atoms with Crippen LogP contribution in [-0.2, 0) is 4.57 Å². The average molecular weight is 402 g/mol. The van der Waals surface area contributed by atoms with Gasteiger partial charge in [-0.25, -0.2) is 4.57 Å². The van der Waals surface area contributed by atoms with Crippen molar-refractivity contribution in [2.75, 3.05) is 5.09 Å². The highest BCUT2D eigenvalue weighted by Gasteiger charge is 2.31. The molecule has 0 bridgehead atoms. The van der Waals surface area contributed by atoms with Crippen LogP contribution in [0.4, 0.5) is 5.69 Å². The van der Waals surface area contributed by atoms with Gasteiger partial charge in [-0.15, -0.1) is 0 Å². The third-order valence-electron chi connectivity index (χ3n) is 4.15. The van der Waals surface area contributed by atoms with E-state index in [1.54, 1.807) is 30.3 Å². The van der Waals surface area contributed by atoms with Crippen molar-refractivity contribution in [3.8, 4) is 11.5 Å². The summed E-state index contributed by atoms with van der Waals surface area (Å²) in [6.45, 7) is 5.62. The molecule has 0 unspecified atom stereocenters. The highest BCUT2D eigenvalue weighted by Crippen LogP contribution is 2.50. The molecule has 0 atom stereocenters. The van der Waals surface area contributed by atoms with E-state index in [1.165, 1.54) is 0 Å². The van der Waals surface area contributed by atoms with Gasteiger partial charge >= 0.3 is 7.75 Å². The summed E-state index contributed by atoms with van der Waals surface area (Å²) in [5.74, 6) is 0.975. The molecule has 0 saturated carbocycles. The number of benzene rings is 3. The van der Waals surface area contributed by atoms with Gasteiger partial charge in [0.15, 0.2) is 0 Å². The molecule has 27 heavy (non-hydrogen) atoms. The van der Waals surface area contributed by atoms with E-state index in [-0.39, 0.29) is 0 Å². The topological polar surface area (TPSA) is 47.6 Å². The van der Waals surface area contributed by atoms with Crippen molar-refractivity contribution in [1.29, 1.82) is 0 Å². The Bertz CT molecular complexity index is 955. The fourth-order valence-corrected chi connectivity index (χ4v) is 4.29. The first-order chi connectivity index (χ1) is 12.9. The van der Waals surface area contributed by atoms with Gasteiger partial charge in [-0.3, -0.25) is 5.09 Å². The van der Waals surface area contributed by atoms with Crippen LogP contribution in [0.15, 0.2) is 66.7 Å². The lowest BCUT2D eigenvalue weighted by Gasteiger charge is -2.23. The van der Waals surface area contributed by atoms with E-state index >= 15 is 0 Å². The van der Waals surface area contributed by atoms with Gasteiger partial charge < -0.3 is 9.05 Å². The monoisotopic (exact) mass is 401 g/mol. The Labute approximate surface area is 164 Å². The van der Waals surface area contributed by atoms with Crippen LogP contribution in [0.2, 0.25) is 5.02 Å². The molecule has 0 fully saturated rings. The number of hydrogen-bond donors (Lipinski definition) is 1. The first kappa shape index (κ1) is 19.3. The highest BCUT2D eigenvalue weighted by atomic mass is 35.5. The summed E-state index contributed by atoms with van der Waals surface area (Å²) in [5, 5.41) is 3.51. The number of hydrogen-bond acceptors (Lipinski definition) is 3. The molecule has 0 saturated heterocycles. The molecule has 0 radical (unpaired) electrons. The second kappa shape index (κ2) is 8.08. The SMILES string of the molecule is Cc1ccccc1OP(=O)(Nc1cccc(Cl)c1C)Oc1ccccc1C. The van der Waals surface area contributed by atoms with Crippen molar-refractivity contribution in [3.63, 3.8) is 0 Å². The maximum absolute atomic E-state index is 13.7. The van der Waals surface area contributed by atoms with Gasteiger partial charge in [-0.2, -0.15) is 0 Å². The van der Waals surface area contributed by atoms with Crippen LogP contribution in [-0.4, -0.2) is 0 Å². The molecule has 0 aliphatic rings. The maximum atomic E-state index is 13.7. The Morgan fingerprint density at radius 3 is 1.81 bits per heavy atom.